The third-order valence-electron chi connectivity index (χ3n) is 2.98. The maximum absolute atomic E-state index is 12.5. The predicted molar refractivity (Wildman–Crippen MR) is 96.3 cm³/mol. The lowest BCUT2D eigenvalue weighted by molar-refractivity contribution is -0.122. The summed E-state index contributed by atoms with van der Waals surface area (Å²) in [6.45, 7) is 2.53. The summed E-state index contributed by atoms with van der Waals surface area (Å²) >= 11 is 6.25. The third kappa shape index (κ3) is 3.31. The van der Waals surface area contributed by atoms with Crippen molar-refractivity contribution in [2.24, 2.45) is 4.99 Å². The van der Waals surface area contributed by atoms with Crippen LogP contribution in [0.5, 0.6) is 0 Å². The number of halogens is 1. The van der Waals surface area contributed by atoms with E-state index in [9.17, 15) is 4.79 Å². The van der Waals surface area contributed by atoms with E-state index < -0.39 is 0 Å². The number of amidine groups is 1. The molecule has 0 saturated carbocycles. The summed E-state index contributed by atoms with van der Waals surface area (Å²) < 4.78 is 1.02. The number of hydrogen-bond acceptors (Lipinski definition) is 5. The number of thiazole rings is 1. The molecular formula is C15H12BrN3OS2. The molecular weight excluding hydrogens is 382 g/mol. The van der Waals surface area contributed by atoms with Crippen molar-refractivity contribution in [3.63, 3.8) is 0 Å². The summed E-state index contributed by atoms with van der Waals surface area (Å²) in [5, 5.41) is 3.22. The Labute approximate surface area is 145 Å². The minimum Gasteiger partial charge on any atom is -0.287 e. The Morgan fingerprint density at radius 3 is 2.77 bits per heavy atom. The normalized spacial score (nSPS) is 18.6. The average Bonchev–Trinajstić information content (AvgIpc) is 3.11. The zero-order valence-corrected chi connectivity index (χ0v) is 14.9. The number of aliphatic imine (C=N–C) groups is 1. The smallest absolute Gasteiger partial charge is 0.266 e. The largest absolute Gasteiger partial charge is 0.287 e. The molecule has 2 heterocycles. The Bertz CT molecular complexity index is 739. The Morgan fingerprint density at radius 2 is 2.14 bits per heavy atom. The minimum atomic E-state index is -0.00859. The summed E-state index contributed by atoms with van der Waals surface area (Å²) in [7, 11) is 0. The van der Waals surface area contributed by atoms with E-state index in [1.165, 1.54) is 23.1 Å². The SMILES string of the molecule is CCN1C(=O)/C(=C/c2ccc(Br)cc2)S/C1=N/c1nccs1. The van der Waals surface area contributed by atoms with Crippen LogP contribution in [0.4, 0.5) is 5.13 Å². The number of amides is 1. The fourth-order valence-corrected chi connectivity index (χ4v) is 3.80. The van der Waals surface area contributed by atoms with Crippen molar-refractivity contribution in [1.29, 1.82) is 0 Å². The molecule has 0 atom stereocenters. The third-order valence-corrected chi connectivity index (χ3v) is 5.18. The van der Waals surface area contributed by atoms with E-state index >= 15 is 0 Å². The van der Waals surface area contributed by atoms with Gasteiger partial charge in [-0.1, -0.05) is 28.1 Å². The van der Waals surface area contributed by atoms with Gasteiger partial charge in [-0.15, -0.1) is 11.3 Å². The predicted octanol–water partition coefficient (Wildman–Crippen LogP) is 4.53. The highest BCUT2D eigenvalue weighted by atomic mass is 79.9. The molecule has 1 aromatic carbocycles. The number of carbonyl (C=O) groups excluding carboxylic acids is 1. The summed E-state index contributed by atoms with van der Waals surface area (Å²) in [6, 6.07) is 7.85. The molecule has 22 heavy (non-hydrogen) atoms. The maximum atomic E-state index is 12.5. The summed E-state index contributed by atoms with van der Waals surface area (Å²) in [5.41, 5.74) is 0.991. The van der Waals surface area contributed by atoms with Gasteiger partial charge in [-0.3, -0.25) is 9.69 Å². The van der Waals surface area contributed by atoms with Crippen molar-refractivity contribution in [3.05, 3.63) is 50.8 Å². The van der Waals surface area contributed by atoms with Crippen molar-refractivity contribution >= 4 is 61.3 Å². The second-order valence-corrected chi connectivity index (χ2v) is 7.22. The van der Waals surface area contributed by atoms with Gasteiger partial charge in [0, 0.05) is 22.6 Å². The number of nitrogens with zero attached hydrogens (tertiary/aromatic N) is 3. The van der Waals surface area contributed by atoms with E-state index in [0.29, 0.717) is 21.7 Å². The summed E-state index contributed by atoms with van der Waals surface area (Å²) in [4.78, 5) is 23.5. The zero-order chi connectivity index (χ0) is 15.5. The van der Waals surface area contributed by atoms with Gasteiger partial charge < -0.3 is 0 Å². The van der Waals surface area contributed by atoms with Gasteiger partial charge in [-0.25, -0.2) is 4.98 Å². The topological polar surface area (TPSA) is 45.6 Å². The maximum Gasteiger partial charge on any atom is 0.266 e. The molecule has 1 fully saturated rings. The van der Waals surface area contributed by atoms with E-state index in [2.05, 4.69) is 25.9 Å². The molecule has 3 rings (SSSR count). The molecule has 2 aromatic rings. The molecule has 4 nitrogen and oxygen atoms in total. The van der Waals surface area contributed by atoms with Gasteiger partial charge in [0.15, 0.2) is 5.17 Å². The first-order valence-corrected chi connectivity index (χ1v) is 9.11. The van der Waals surface area contributed by atoms with Gasteiger partial charge in [0.2, 0.25) is 5.13 Å². The number of thioether (sulfide) groups is 1. The van der Waals surface area contributed by atoms with Crippen LogP contribution in [0.3, 0.4) is 0 Å². The highest BCUT2D eigenvalue weighted by Gasteiger charge is 2.32. The highest BCUT2D eigenvalue weighted by molar-refractivity contribution is 9.10. The van der Waals surface area contributed by atoms with Gasteiger partial charge in [0.25, 0.3) is 5.91 Å². The molecule has 1 amide bonds. The van der Waals surface area contributed by atoms with Crippen LogP contribution in [0.2, 0.25) is 0 Å². The van der Waals surface area contributed by atoms with Crippen molar-refractivity contribution in [3.8, 4) is 0 Å². The number of carbonyl (C=O) groups is 1. The summed E-state index contributed by atoms with van der Waals surface area (Å²) in [5.74, 6) is -0.00859. The fourth-order valence-electron chi connectivity index (χ4n) is 1.93. The monoisotopic (exact) mass is 393 g/mol. The number of likely N-dealkylation sites (N-methyl/N-ethyl adjacent to an activating group) is 1. The van der Waals surface area contributed by atoms with Crippen LogP contribution in [0.25, 0.3) is 6.08 Å². The quantitative estimate of drug-likeness (QED) is 0.719. The molecule has 7 heteroatoms. The van der Waals surface area contributed by atoms with Crippen LogP contribution >= 0.6 is 39.0 Å². The van der Waals surface area contributed by atoms with E-state index in [0.717, 1.165) is 10.0 Å². The first-order chi connectivity index (χ1) is 10.7. The van der Waals surface area contributed by atoms with Gasteiger partial charge in [-0.05, 0) is 42.5 Å². The van der Waals surface area contributed by atoms with E-state index in [1.807, 2.05) is 42.6 Å². The van der Waals surface area contributed by atoms with E-state index in [-0.39, 0.29) is 5.91 Å². The Kier molecular flexibility index (Phi) is 4.75. The molecule has 0 unspecified atom stereocenters. The number of rotatable bonds is 3. The van der Waals surface area contributed by atoms with Crippen molar-refractivity contribution in [2.45, 2.75) is 6.92 Å². The van der Waals surface area contributed by atoms with Gasteiger partial charge in [0.05, 0.1) is 4.91 Å². The van der Waals surface area contributed by atoms with Crippen molar-refractivity contribution < 1.29 is 4.79 Å². The molecule has 112 valence electrons. The fraction of sp³-hybridized carbons (Fsp3) is 0.133. The van der Waals surface area contributed by atoms with Crippen LogP contribution in [0.15, 0.2) is 50.2 Å². The lowest BCUT2D eigenvalue weighted by Gasteiger charge is -2.11. The lowest BCUT2D eigenvalue weighted by Crippen LogP contribution is -2.28. The Morgan fingerprint density at radius 1 is 1.36 bits per heavy atom. The minimum absolute atomic E-state index is 0.00859. The standard InChI is InChI=1S/C15H12BrN3OS2/c1-2-19-13(20)12(9-10-3-5-11(16)6-4-10)22-15(19)18-14-17-7-8-21-14/h3-9H,2H2,1H3/b12-9-,18-15+. The zero-order valence-electron chi connectivity index (χ0n) is 11.7. The molecule has 0 aliphatic carbocycles. The molecule has 0 N–H and O–H groups in total. The molecule has 0 radical (unpaired) electrons. The van der Waals surface area contributed by atoms with Crippen LogP contribution in [-0.2, 0) is 4.79 Å². The second-order valence-electron chi connectivity index (χ2n) is 4.42. The van der Waals surface area contributed by atoms with Crippen LogP contribution in [-0.4, -0.2) is 27.5 Å². The molecule has 1 aliphatic rings. The van der Waals surface area contributed by atoms with E-state index in [4.69, 9.17) is 0 Å². The molecule has 1 aliphatic heterocycles. The van der Waals surface area contributed by atoms with Gasteiger partial charge in [0.1, 0.15) is 0 Å². The van der Waals surface area contributed by atoms with Crippen molar-refractivity contribution in [2.75, 3.05) is 6.54 Å². The number of benzene rings is 1. The lowest BCUT2D eigenvalue weighted by atomic mass is 10.2. The number of aromatic nitrogens is 1. The van der Waals surface area contributed by atoms with Gasteiger partial charge >= 0.3 is 0 Å². The highest BCUT2D eigenvalue weighted by Crippen LogP contribution is 2.34. The first-order valence-electron chi connectivity index (χ1n) is 6.62. The van der Waals surface area contributed by atoms with Crippen LogP contribution < -0.4 is 0 Å². The Hall–Kier alpha value is -1.44. The van der Waals surface area contributed by atoms with Crippen LogP contribution in [0.1, 0.15) is 12.5 Å². The summed E-state index contributed by atoms with van der Waals surface area (Å²) in [6.07, 6.45) is 3.60. The first kappa shape index (κ1) is 15.5. The van der Waals surface area contributed by atoms with Crippen molar-refractivity contribution in [1.82, 2.24) is 9.88 Å². The average molecular weight is 394 g/mol. The molecule has 0 spiro atoms. The molecule has 1 aromatic heterocycles. The Balaban J connectivity index is 1.91. The van der Waals surface area contributed by atoms with Crippen LogP contribution in [0, 0.1) is 0 Å². The second kappa shape index (κ2) is 6.76. The molecule has 0 bridgehead atoms. The van der Waals surface area contributed by atoms with E-state index in [1.54, 1.807) is 11.1 Å². The number of hydrogen-bond donors (Lipinski definition) is 0. The van der Waals surface area contributed by atoms with Gasteiger partial charge in [-0.2, -0.15) is 4.99 Å². The molecule has 1 saturated heterocycles.